The Bertz CT molecular complexity index is 2370. The van der Waals surface area contributed by atoms with Crippen LogP contribution in [0.25, 0.3) is 21.5 Å². The number of fused-ring (bicyclic) bond motifs is 2. The number of nitrogens with one attached hydrogen (secondary N) is 4. The number of hydrogen-bond donors (Lipinski definition) is 7. The van der Waals surface area contributed by atoms with Crippen LogP contribution in [0.3, 0.4) is 0 Å². The lowest BCUT2D eigenvalue weighted by molar-refractivity contribution is -0.146. The van der Waals surface area contributed by atoms with Gasteiger partial charge in [0.25, 0.3) is 11.8 Å². The number of carbonyl (C=O) groups excluding carboxylic acids is 3. The molecule has 2 aliphatic rings. The van der Waals surface area contributed by atoms with E-state index in [9.17, 15) is 34.2 Å². The standard InChI is InChI=1S/C28H31N3O4.C18H20N2O3/c1-17-13-18(2)24(19(3)14-17)30-27(35)29-23-16-21-10-6-5-9-20(21)15-22(23)25(32)31-28(26(33)34)11-7-4-8-12-28;19-15-11-13-7-3-2-6-12(13)10-14(15)16(21)20-18(17(22)23)8-4-1-5-9-18/h5-6,9-10,13-16H,4,7-8,11-12H2,1-3H3,(H,31,32)(H,33,34)(H2,29,30,35);2-3,6-7,10-11H,1,4-5,8-9,19H2,(H,20,21)(H,22,23). The normalized spacial score (nSPS) is 15.6. The lowest BCUT2D eigenvalue weighted by Crippen LogP contribution is -2.55. The predicted octanol–water partition coefficient (Wildman–Crippen LogP) is 8.87. The van der Waals surface area contributed by atoms with Gasteiger partial charge in [0.05, 0.1) is 16.8 Å². The minimum absolute atomic E-state index is 0.224. The number of aliphatic carboxylic acids is 2. The molecular formula is C46H51N5O7. The van der Waals surface area contributed by atoms with Crippen LogP contribution in [0, 0.1) is 20.8 Å². The highest BCUT2D eigenvalue weighted by molar-refractivity contribution is 6.11. The molecule has 302 valence electrons. The molecule has 12 nitrogen and oxygen atoms in total. The molecule has 0 heterocycles. The van der Waals surface area contributed by atoms with Gasteiger partial charge >= 0.3 is 18.0 Å². The number of carboxylic acid groups (broad SMARTS) is 2. The molecule has 2 saturated carbocycles. The van der Waals surface area contributed by atoms with E-state index < -0.39 is 40.9 Å². The molecule has 0 saturated heterocycles. The summed E-state index contributed by atoms with van der Waals surface area (Å²) in [6, 6.07) is 25.6. The zero-order chi connectivity index (χ0) is 41.6. The molecule has 7 rings (SSSR count). The maximum absolute atomic E-state index is 13.4. The highest BCUT2D eigenvalue weighted by Crippen LogP contribution is 2.32. The van der Waals surface area contributed by atoms with Gasteiger partial charge in [-0.25, -0.2) is 14.4 Å². The van der Waals surface area contributed by atoms with Crippen molar-refractivity contribution in [2.75, 3.05) is 16.4 Å². The lowest BCUT2D eigenvalue weighted by Gasteiger charge is -2.34. The Morgan fingerprint density at radius 2 is 0.966 bits per heavy atom. The first kappa shape index (κ1) is 41.2. The third-order valence-electron chi connectivity index (χ3n) is 11.4. The molecule has 2 fully saturated rings. The molecule has 0 unspecified atom stereocenters. The van der Waals surface area contributed by atoms with Crippen molar-refractivity contribution in [1.82, 2.24) is 10.6 Å². The van der Waals surface area contributed by atoms with Crippen molar-refractivity contribution in [3.05, 3.63) is 113 Å². The average molecular weight is 786 g/mol. The molecule has 8 N–H and O–H groups in total. The van der Waals surface area contributed by atoms with Gasteiger partial charge in [0.15, 0.2) is 0 Å². The molecule has 5 aromatic carbocycles. The molecule has 0 aromatic heterocycles. The summed E-state index contributed by atoms with van der Waals surface area (Å²) in [5.74, 6) is -2.93. The highest BCUT2D eigenvalue weighted by atomic mass is 16.4. The van der Waals surface area contributed by atoms with E-state index in [1.54, 1.807) is 24.3 Å². The van der Waals surface area contributed by atoms with Crippen molar-refractivity contribution in [1.29, 1.82) is 0 Å². The number of benzene rings is 5. The van der Waals surface area contributed by atoms with Crippen LogP contribution in [-0.4, -0.2) is 51.1 Å². The quantitative estimate of drug-likeness (QED) is 0.0756. The molecule has 0 aliphatic heterocycles. The monoisotopic (exact) mass is 785 g/mol. The topological polar surface area (TPSA) is 200 Å². The number of carbonyl (C=O) groups is 5. The molecule has 5 aromatic rings. The number of aryl methyl sites for hydroxylation is 3. The first-order valence-electron chi connectivity index (χ1n) is 19.8. The molecule has 2 aliphatic carbocycles. The average Bonchev–Trinajstić information content (AvgIpc) is 3.19. The van der Waals surface area contributed by atoms with Crippen molar-refractivity contribution in [3.63, 3.8) is 0 Å². The molecule has 0 bridgehead atoms. The molecule has 0 spiro atoms. The maximum atomic E-state index is 13.4. The Morgan fingerprint density at radius 1 is 0.552 bits per heavy atom. The highest BCUT2D eigenvalue weighted by Gasteiger charge is 2.42. The van der Waals surface area contributed by atoms with Crippen LogP contribution in [0.4, 0.5) is 21.9 Å². The van der Waals surface area contributed by atoms with Gasteiger partial charge in [-0.3, -0.25) is 9.59 Å². The van der Waals surface area contributed by atoms with Crippen LogP contribution in [0.5, 0.6) is 0 Å². The fourth-order valence-electron chi connectivity index (χ4n) is 8.30. The van der Waals surface area contributed by atoms with Crippen LogP contribution in [0.1, 0.15) is 102 Å². The number of amides is 4. The van der Waals surface area contributed by atoms with E-state index in [1.165, 1.54) is 0 Å². The Hall–Kier alpha value is -6.43. The van der Waals surface area contributed by atoms with E-state index in [-0.39, 0.29) is 5.56 Å². The van der Waals surface area contributed by atoms with Gasteiger partial charge in [-0.05, 0) is 103 Å². The van der Waals surface area contributed by atoms with Gasteiger partial charge in [0.1, 0.15) is 11.1 Å². The second kappa shape index (κ2) is 17.4. The van der Waals surface area contributed by atoms with E-state index in [4.69, 9.17) is 5.73 Å². The maximum Gasteiger partial charge on any atom is 0.329 e. The van der Waals surface area contributed by atoms with E-state index in [1.807, 2.05) is 81.4 Å². The minimum Gasteiger partial charge on any atom is -0.480 e. The summed E-state index contributed by atoms with van der Waals surface area (Å²) in [6.45, 7) is 5.86. The first-order valence-corrected chi connectivity index (χ1v) is 19.8. The van der Waals surface area contributed by atoms with Crippen molar-refractivity contribution < 1.29 is 34.2 Å². The van der Waals surface area contributed by atoms with Gasteiger partial charge in [0.2, 0.25) is 0 Å². The number of carboxylic acids is 2. The Balaban J connectivity index is 0.000000213. The summed E-state index contributed by atoms with van der Waals surface area (Å²) < 4.78 is 0. The number of urea groups is 1. The van der Waals surface area contributed by atoms with Crippen molar-refractivity contribution in [2.24, 2.45) is 0 Å². The van der Waals surface area contributed by atoms with Crippen molar-refractivity contribution in [2.45, 2.75) is 96.1 Å². The minimum atomic E-state index is -1.30. The number of rotatable bonds is 8. The van der Waals surface area contributed by atoms with Gasteiger partial charge in [-0.15, -0.1) is 0 Å². The Morgan fingerprint density at radius 3 is 1.43 bits per heavy atom. The Labute approximate surface area is 337 Å². The second-order valence-electron chi connectivity index (χ2n) is 15.7. The number of nitrogen functional groups attached to an aromatic ring is 1. The zero-order valence-corrected chi connectivity index (χ0v) is 33.2. The van der Waals surface area contributed by atoms with Crippen LogP contribution in [0.2, 0.25) is 0 Å². The summed E-state index contributed by atoms with van der Waals surface area (Å²) >= 11 is 0. The first-order chi connectivity index (χ1) is 27.7. The SMILES string of the molecule is Cc1cc(C)c(NC(=O)Nc2cc3ccccc3cc2C(=O)NC2(C(=O)O)CCCCC2)c(C)c1.Nc1cc2ccccc2cc1C(=O)NC1(C(=O)O)CCCCC1. The number of nitrogens with two attached hydrogens (primary N) is 1. The smallest absolute Gasteiger partial charge is 0.329 e. The fourth-order valence-corrected chi connectivity index (χ4v) is 8.30. The van der Waals surface area contributed by atoms with Crippen LogP contribution in [0.15, 0.2) is 84.9 Å². The largest absolute Gasteiger partial charge is 0.480 e. The van der Waals surface area contributed by atoms with E-state index >= 15 is 0 Å². The van der Waals surface area contributed by atoms with E-state index in [2.05, 4.69) is 21.3 Å². The zero-order valence-electron chi connectivity index (χ0n) is 33.2. The van der Waals surface area contributed by atoms with E-state index in [0.29, 0.717) is 48.3 Å². The van der Waals surface area contributed by atoms with Crippen molar-refractivity contribution in [3.8, 4) is 0 Å². The third-order valence-corrected chi connectivity index (χ3v) is 11.4. The van der Waals surface area contributed by atoms with Crippen LogP contribution >= 0.6 is 0 Å². The number of anilines is 3. The molecule has 58 heavy (non-hydrogen) atoms. The molecular weight excluding hydrogens is 735 g/mol. The summed E-state index contributed by atoms with van der Waals surface area (Å²) in [5, 5.41) is 34.3. The summed E-state index contributed by atoms with van der Waals surface area (Å²) in [4.78, 5) is 62.9. The summed E-state index contributed by atoms with van der Waals surface area (Å²) in [7, 11) is 0. The van der Waals surface area contributed by atoms with Gasteiger partial charge < -0.3 is 37.2 Å². The van der Waals surface area contributed by atoms with Crippen LogP contribution in [-0.2, 0) is 9.59 Å². The molecule has 0 radical (unpaired) electrons. The van der Waals surface area contributed by atoms with Crippen molar-refractivity contribution >= 4 is 68.4 Å². The van der Waals surface area contributed by atoms with Gasteiger partial charge in [-0.2, -0.15) is 0 Å². The fraction of sp³-hybridized carbons (Fsp3) is 0.326. The molecule has 0 atom stereocenters. The van der Waals surface area contributed by atoms with E-state index in [0.717, 1.165) is 76.8 Å². The second-order valence-corrected chi connectivity index (χ2v) is 15.7. The Kier molecular flexibility index (Phi) is 12.3. The summed E-state index contributed by atoms with van der Waals surface area (Å²) in [6.07, 6.45) is 6.74. The lowest BCUT2D eigenvalue weighted by atomic mass is 9.81. The third kappa shape index (κ3) is 9.07. The molecule has 12 heteroatoms. The predicted molar refractivity (Wildman–Crippen MR) is 227 cm³/mol. The van der Waals surface area contributed by atoms with Crippen LogP contribution < -0.4 is 27.0 Å². The van der Waals surface area contributed by atoms with Gasteiger partial charge in [-0.1, -0.05) is 105 Å². The van der Waals surface area contributed by atoms with Gasteiger partial charge in [0, 0.05) is 11.4 Å². The summed E-state index contributed by atoms with van der Waals surface area (Å²) in [5.41, 5.74) is 8.46. The number of hydrogen-bond acceptors (Lipinski definition) is 6. The molecule has 4 amide bonds.